The number of aliphatic carboxylic acids is 1. The summed E-state index contributed by atoms with van der Waals surface area (Å²) in [6.07, 6.45) is 9.83. The fourth-order valence-electron chi connectivity index (χ4n) is 6.10. The molecular formula is C33H36N4O6. The molecule has 0 aliphatic carbocycles. The molecule has 43 heavy (non-hydrogen) atoms. The van der Waals surface area contributed by atoms with Gasteiger partial charge in [-0.2, -0.15) is 0 Å². The molecule has 2 atom stereocenters. The van der Waals surface area contributed by atoms with Gasteiger partial charge in [-0.3, -0.25) is 9.59 Å². The van der Waals surface area contributed by atoms with Gasteiger partial charge < -0.3 is 35.2 Å². The summed E-state index contributed by atoms with van der Waals surface area (Å²) in [6, 6.07) is 0. The lowest BCUT2D eigenvalue weighted by Gasteiger charge is -2.14. The zero-order valence-corrected chi connectivity index (χ0v) is 24.9. The minimum absolute atomic E-state index is 0.0983. The molecule has 6 N–H and O–H groups in total. The lowest BCUT2D eigenvalue weighted by atomic mass is 9.92. The first-order chi connectivity index (χ1) is 20.4. The summed E-state index contributed by atoms with van der Waals surface area (Å²) < 4.78 is 5.37. The fourth-order valence-corrected chi connectivity index (χ4v) is 6.10. The quantitative estimate of drug-likeness (QED) is 0.231. The molecule has 0 radical (unpaired) electrons. The van der Waals surface area contributed by atoms with Gasteiger partial charge in [0.2, 0.25) is 0 Å². The molecule has 1 fully saturated rings. The number of carbonyl (C=O) groups is 3. The van der Waals surface area contributed by atoms with Gasteiger partial charge >= 0.3 is 17.9 Å². The van der Waals surface area contributed by atoms with Gasteiger partial charge in [0.1, 0.15) is 12.5 Å². The maximum Gasteiger partial charge on any atom is 0.338 e. The molecule has 0 saturated carbocycles. The summed E-state index contributed by atoms with van der Waals surface area (Å²) >= 11 is 0. The zero-order valence-electron chi connectivity index (χ0n) is 24.9. The number of nitrogens with one attached hydrogen (secondary N) is 4. The first-order valence-electron chi connectivity index (χ1n) is 14.2. The van der Waals surface area contributed by atoms with E-state index in [2.05, 4.69) is 46.8 Å². The highest BCUT2D eigenvalue weighted by atomic mass is 16.5. The molecule has 224 valence electrons. The van der Waals surface area contributed by atoms with Crippen LogP contribution in [-0.2, 0) is 20.7 Å². The largest absolute Gasteiger partial charge is 0.481 e. The second-order valence-corrected chi connectivity index (χ2v) is 11.1. The molecule has 3 aromatic heterocycles. The number of aromatic amines is 3. The van der Waals surface area contributed by atoms with E-state index in [1.165, 1.54) is 0 Å². The van der Waals surface area contributed by atoms with E-state index < -0.39 is 23.8 Å². The van der Waals surface area contributed by atoms with E-state index in [-0.39, 0.29) is 24.5 Å². The highest BCUT2D eigenvalue weighted by molar-refractivity contribution is 5.95. The van der Waals surface area contributed by atoms with Crippen molar-refractivity contribution in [3.8, 4) is 0 Å². The molecule has 8 bridgehead atoms. The lowest BCUT2D eigenvalue weighted by Crippen LogP contribution is -2.23. The van der Waals surface area contributed by atoms with Gasteiger partial charge in [-0.15, -0.1) is 0 Å². The predicted molar refractivity (Wildman–Crippen MR) is 164 cm³/mol. The molecule has 2 aliphatic heterocycles. The van der Waals surface area contributed by atoms with Gasteiger partial charge in [0.05, 0.1) is 17.7 Å². The van der Waals surface area contributed by atoms with Crippen LogP contribution in [0.15, 0.2) is 18.0 Å². The van der Waals surface area contributed by atoms with Crippen molar-refractivity contribution in [1.82, 2.24) is 20.3 Å². The van der Waals surface area contributed by atoms with Crippen LogP contribution in [0.1, 0.15) is 81.2 Å². The average molecular weight is 585 g/mol. The van der Waals surface area contributed by atoms with Gasteiger partial charge in [0.15, 0.2) is 0 Å². The number of carboxylic acids is 2. The summed E-state index contributed by atoms with van der Waals surface area (Å²) in [5.41, 5.74) is 8.66. The van der Waals surface area contributed by atoms with E-state index >= 15 is 0 Å². The Morgan fingerprint density at radius 3 is 2.19 bits per heavy atom. The van der Waals surface area contributed by atoms with Crippen LogP contribution in [0.25, 0.3) is 30.4 Å². The molecule has 0 unspecified atom stereocenters. The number of carbonyl (C=O) groups excluding carboxylic acids is 1. The molecule has 5 heterocycles. The summed E-state index contributed by atoms with van der Waals surface area (Å²) in [5.74, 6) is -3.95. The SMILES string of the molecule is C=Cc1c2[nH]c(c1C)C=C1NC(=Cc3[nH]c(c(C)c3C(=O)O)C=c3[nH]c(c(C)c3CC)=C2)[C@H](C(=O)OCCC(=O)O)[C@H]1C. The van der Waals surface area contributed by atoms with Crippen molar-refractivity contribution >= 4 is 48.3 Å². The first-order valence-corrected chi connectivity index (χ1v) is 14.2. The number of rotatable bonds is 7. The minimum atomic E-state index is -1.10. The van der Waals surface area contributed by atoms with Gasteiger partial charge in [0, 0.05) is 50.7 Å². The second kappa shape index (κ2) is 11.4. The number of ether oxygens (including phenoxy) is 1. The van der Waals surface area contributed by atoms with E-state index in [0.29, 0.717) is 22.6 Å². The number of hydrogen-bond acceptors (Lipinski definition) is 5. The molecule has 2 aliphatic rings. The molecule has 5 rings (SSSR count). The summed E-state index contributed by atoms with van der Waals surface area (Å²) in [5, 5.41) is 24.4. The van der Waals surface area contributed by atoms with Gasteiger partial charge in [0.25, 0.3) is 0 Å². The number of fused-ring (bicyclic) bond motifs is 8. The van der Waals surface area contributed by atoms with Crippen LogP contribution in [-0.4, -0.2) is 49.7 Å². The Balaban J connectivity index is 1.80. The Labute approximate surface area is 248 Å². The van der Waals surface area contributed by atoms with Crippen molar-refractivity contribution in [3.63, 3.8) is 0 Å². The predicted octanol–water partition coefficient (Wildman–Crippen LogP) is 3.73. The van der Waals surface area contributed by atoms with Crippen LogP contribution in [0.5, 0.6) is 0 Å². The number of carboxylic acid groups (broad SMARTS) is 2. The molecule has 0 aromatic carbocycles. The maximum atomic E-state index is 13.3. The Morgan fingerprint density at radius 2 is 1.53 bits per heavy atom. The first kappa shape index (κ1) is 29.5. The Morgan fingerprint density at radius 1 is 0.884 bits per heavy atom. The number of aromatic nitrogens is 3. The van der Waals surface area contributed by atoms with Crippen LogP contribution in [0.2, 0.25) is 0 Å². The second-order valence-electron chi connectivity index (χ2n) is 11.1. The van der Waals surface area contributed by atoms with E-state index in [4.69, 9.17) is 9.84 Å². The number of allylic oxidation sites excluding steroid dienone is 1. The Kier molecular flexibility index (Phi) is 7.79. The van der Waals surface area contributed by atoms with Crippen LogP contribution in [0, 0.1) is 32.6 Å². The third kappa shape index (κ3) is 5.24. The maximum absolute atomic E-state index is 13.3. The Bertz CT molecular complexity index is 1860. The van der Waals surface area contributed by atoms with Crippen molar-refractivity contribution in [2.75, 3.05) is 6.61 Å². The van der Waals surface area contributed by atoms with E-state index in [9.17, 15) is 19.5 Å². The monoisotopic (exact) mass is 584 g/mol. The van der Waals surface area contributed by atoms with Crippen molar-refractivity contribution < 1.29 is 29.3 Å². The van der Waals surface area contributed by atoms with Crippen LogP contribution >= 0.6 is 0 Å². The zero-order chi connectivity index (χ0) is 31.2. The minimum Gasteiger partial charge on any atom is -0.481 e. The Hall–Kier alpha value is -4.99. The van der Waals surface area contributed by atoms with Crippen LogP contribution in [0.3, 0.4) is 0 Å². The topological polar surface area (TPSA) is 160 Å². The molecule has 1 saturated heterocycles. The summed E-state index contributed by atoms with van der Waals surface area (Å²) in [6.45, 7) is 13.6. The van der Waals surface area contributed by atoms with Crippen molar-refractivity contribution in [1.29, 1.82) is 0 Å². The standard InChI is InChI=1S/C33H36N4O6/c1-7-19-15(3)21-11-23-18(6)31(33(42)43-10-9-29(38)39)28(37-23)14-27-30(32(40)41)17(5)24(36-27)13-26-20(8-2)16(4)22(35-26)12-25(19)34-21/h7,11-14,18,31,34-37H,1,8-10H2,2-6H3,(H,38,39)(H,40,41)/t18-,31+/m0/s1. The van der Waals surface area contributed by atoms with Crippen LogP contribution in [0.4, 0.5) is 0 Å². The molecule has 10 nitrogen and oxygen atoms in total. The molecular weight excluding hydrogens is 548 g/mol. The fraction of sp³-hybridized carbons (Fsp3) is 0.303. The lowest BCUT2D eigenvalue weighted by molar-refractivity contribution is -0.150. The molecule has 3 aromatic rings. The van der Waals surface area contributed by atoms with Crippen molar-refractivity contribution in [2.24, 2.45) is 11.8 Å². The molecule has 0 spiro atoms. The summed E-state index contributed by atoms with van der Waals surface area (Å²) in [7, 11) is 0. The highest BCUT2D eigenvalue weighted by Crippen LogP contribution is 2.37. The van der Waals surface area contributed by atoms with Crippen molar-refractivity contribution in [3.05, 3.63) is 84.8 Å². The number of H-pyrrole nitrogens is 3. The van der Waals surface area contributed by atoms with Gasteiger partial charge in [-0.1, -0.05) is 26.5 Å². The molecule has 0 amide bonds. The highest BCUT2D eigenvalue weighted by Gasteiger charge is 2.39. The smallest absolute Gasteiger partial charge is 0.338 e. The van der Waals surface area contributed by atoms with E-state index in [1.54, 1.807) is 13.0 Å². The van der Waals surface area contributed by atoms with Crippen molar-refractivity contribution in [2.45, 2.75) is 47.5 Å². The van der Waals surface area contributed by atoms with E-state index in [0.717, 1.165) is 56.5 Å². The molecule has 10 heteroatoms. The van der Waals surface area contributed by atoms with Gasteiger partial charge in [-0.25, -0.2) is 4.79 Å². The third-order valence-corrected chi connectivity index (χ3v) is 8.51. The number of aromatic carboxylic acids is 1. The summed E-state index contributed by atoms with van der Waals surface area (Å²) in [4.78, 5) is 47.2. The van der Waals surface area contributed by atoms with E-state index in [1.807, 2.05) is 32.1 Å². The normalized spacial score (nSPS) is 17.2. The number of hydrogen-bond donors (Lipinski definition) is 6. The van der Waals surface area contributed by atoms with Gasteiger partial charge in [-0.05, 0) is 73.7 Å². The number of esters is 1. The van der Waals surface area contributed by atoms with Crippen LogP contribution < -0.4 is 16.0 Å². The third-order valence-electron chi connectivity index (χ3n) is 8.51. The average Bonchev–Trinajstić information content (AvgIpc) is 3.61.